The molecule has 0 bridgehead atoms. The Balaban J connectivity index is 2.25. The highest BCUT2D eigenvalue weighted by Crippen LogP contribution is 2.31. The van der Waals surface area contributed by atoms with Crippen LogP contribution in [0.2, 0.25) is 0 Å². The normalized spacial score (nSPS) is 20.5. The lowest BCUT2D eigenvalue weighted by molar-refractivity contribution is 0.0696. The van der Waals surface area contributed by atoms with Crippen molar-refractivity contribution in [2.45, 2.75) is 32.6 Å². The van der Waals surface area contributed by atoms with Crippen LogP contribution in [0.4, 0.5) is 0 Å². The van der Waals surface area contributed by atoms with Crippen LogP contribution in [0.25, 0.3) is 0 Å². The van der Waals surface area contributed by atoms with Crippen LogP contribution in [0.3, 0.4) is 0 Å². The van der Waals surface area contributed by atoms with Gasteiger partial charge < -0.3 is 5.11 Å². The van der Waals surface area contributed by atoms with E-state index in [0.717, 1.165) is 30.9 Å². The van der Waals surface area contributed by atoms with Crippen LogP contribution >= 0.6 is 11.3 Å². The van der Waals surface area contributed by atoms with Gasteiger partial charge in [-0.3, -0.25) is 0 Å². The maximum atomic E-state index is 10.7. The third-order valence-electron chi connectivity index (χ3n) is 2.80. The lowest BCUT2D eigenvalue weighted by atomic mass is 9.89. The molecule has 0 aromatic carbocycles. The summed E-state index contributed by atoms with van der Waals surface area (Å²) in [5.74, 6) is -0.165. The van der Waals surface area contributed by atoms with Gasteiger partial charge in [-0.2, -0.15) is 0 Å². The second-order valence-corrected chi connectivity index (χ2v) is 4.79. The summed E-state index contributed by atoms with van der Waals surface area (Å²) in [6.07, 6.45) is 4.32. The lowest BCUT2D eigenvalue weighted by Crippen LogP contribution is -2.11. The largest absolute Gasteiger partial charge is 0.476 e. The van der Waals surface area contributed by atoms with Crippen molar-refractivity contribution in [1.29, 1.82) is 0 Å². The molecule has 76 valence electrons. The summed E-state index contributed by atoms with van der Waals surface area (Å²) in [7, 11) is 0. The van der Waals surface area contributed by atoms with Crippen LogP contribution in [0.5, 0.6) is 0 Å². The summed E-state index contributed by atoms with van der Waals surface area (Å²) in [5, 5.41) is 9.06. The van der Waals surface area contributed by atoms with Crippen LogP contribution in [-0.4, -0.2) is 16.1 Å². The van der Waals surface area contributed by atoms with Crippen LogP contribution in [-0.2, 0) is 12.8 Å². The molecule has 1 aliphatic carbocycles. The van der Waals surface area contributed by atoms with Crippen molar-refractivity contribution < 1.29 is 9.90 Å². The Morgan fingerprint density at radius 3 is 3.14 bits per heavy atom. The first kappa shape index (κ1) is 9.65. The molecule has 0 saturated heterocycles. The number of fused-ring (bicyclic) bond motifs is 1. The minimum Gasteiger partial charge on any atom is -0.476 e. The molecule has 14 heavy (non-hydrogen) atoms. The second-order valence-electron chi connectivity index (χ2n) is 3.71. The quantitative estimate of drug-likeness (QED) is 0.817. The second kappa shape index (κ2) is 3.69. The molecule has 1 unspecified atom stereocenters. The number of aromatic nitrogens is 1. The van der Waals surface area contributed by atoms with Crippen LogP contribution in [0.1, 0.15) is 40.1 Å². The molecule has 1 aromatic heterocycles. The minimum absolute atomic E-state index is 0.256. The topological polar surface area (TPSA) is 50.2 Å². The van der Waals surface area contributed by atoms with Gasteiger partial charge >= 0.3 is 5.97 Å². The summed E-state index contributed by atoms with van der Waals surface area (Å²) in [6, 6.07) is 0. The number of aromatic carboxylic acids is 1. The molecule has 2 rings (SSSR count). The highest BCUT2D eigenvalue weighted by atomic mass is 32.1. The molecule has 1 N–H and O–H groups in total. The van der Waals surface area contributed by atoms with Gasteiger partial charge in [-0.05, 0) is 25.2 Å². The Bertz CT molecular complexity index is 359. The summed E-state index contributed by atoms with van der Waals surface area (Å²) in [6.45, 7) is 2.19. The Morgan fingerprint density at radius 1 is 1.71 bits per heavy atom. The zero-order valence-electron chi connectivity index (χ0n) is 8.12. The van der Waals surface area contributed by atoms with E-state index in [1.54, 1.807) is 0 Å². The van der Waals surface area contributed by atoms with Crippen molar-refractivity contribution in [3.63, 3.8) is 0 Å². The first-order chi connectivity index (χ1) is 6.70. The monoisotopic (exact) mass is 211 g/mol. The van der Waals surface area contributed by atoms with Crippen molar-refractivity contribution >= 4 is 17.3 Å². The Morgan fingerprint density at radius 2 is 2.50 bits per heavy atom. The van der Waals surface area contributed by atoms with Gasteiger partial charge in [0.1, 0.15) is 0 Å². The summed E-state index contributed by atoms with van der Waals surface area (Å²) in [5.41, 5.74) is 1.03. The highest BCUT2D eigenvalue weighted by Gasteiger charge is 2.23. The van der Waals surface area contributed by atoms with E-state index in [9.17, 15) is 4.79 Å². The number of carboxylic acids is 1. The van der Waals surface area contributed by atoms with Crippen molar-refractivity contribution in [2.75, 3.05) is 0 Å². The predicted octanol–water partition coefficient (Wildman–Crippen LogP) is 2.36. The molecule has 0 saturated carbocycles. The SMILES string of the molecule is CCC1CCc2nc(C(=O)O)sc2C1. The van der Waals surface area contributed by atoms with Gasteiger partial charge in [0.25, 0.3) is 0 Å². The van der Waals surface area contributed by atoms with Gasteiger partial charge in [-0.25, -0.2) is 9.78 Å². The maximum absolute atomic E-state index is 10.7. The van der Waals surface area contributed by atoms with Gasteiger partial charge in [-0.15, -0.1) is 11.3 Å². The zero-order valence-corrected chi connectivity index (χ0v) is 8.93. The minimum atomic E-state index is -0.891. The molecule has 0 radical (unpaired) electrons. The number of hydrogen-bond acceptors (Lipinski definition) is 3. The molecule has 1 aromatic rings. The average molecular weight is 211 g/mol. The first-order valence-corrected chi connectivity index (χ1v) is 5.74. The molecule has 3 nitrogen and oxygen atoms in total. The van der Waals surface area contributed by atoms with E-state index >= 15 is 0 Å². The number of hydrogen-bond donors (Lipinski definition) is 1. The fraction of sp³-hybridized carbons (Fsp3) is 0.600. The number of thiazole rings is 1. The van der Waals surface area contributed by atoms with Crippen LogP contribution < -0.4 is 0 Å². The fourth-order valence-corrected chi connectivity index (χ4v) is 2.94. The van der Waals surface area contributed by atoms with E-state index in [0.29, 0.717) is 0 Å². The number of nitrogens with zero attached hydrogens (tertiary/aromatic N) is 1. The van der Waals surface area contributed by atoms with E-state index in [1.807, 2.05) is 0 Å². The molecule has 0 amide bonds. The highest BCUT2D eigenvalue weighted by molar-refractivity contribution is 7.13. The van der Waals surface area contributed by atoms with Gasteiger partial charge in [0.05, 0.1) is 5.69 Å². The van der Waals surface area contributed by atoms with Crippen LogP contribution in [0, 0.1) is 5.92 Å². The van der Waals surface area contributed by atoms with E-state index in [-0.39, 0.29) is 5.01 Å². The predicted molar refractivity (Wildman–Crippen MR) is 54.9 cm³/mol. The van der Waals surface area contributed by atoms with E-state index in [1.165, 1.54) is 22.6 Å². The summed E-state index contributed by atoms with van der Waals surface area (Å²) >= 11 is 1.35. The van der Waals surface area contributed by atoms with Gasteiger partial charge in [0.15, 0.2) is 0 Å². The Labute approximate surface area is 86.8 Å². The van der Waals surface area contributed by atoms with Gasteiger partial charge in [-0.1, -0.05) is 13.3 Å². The molecule has 1 heterocycles. The maximum Gasteiger partial charge on any atom is 0.365 e. The Kier molecular flexibility index (Phi) is 2.54. The van der Waals surface area contributed by atoms with Crippen molar-refractivity contribution in [3.8, 4) is 0 Å². The first-order valence-electron chi connectivity index (χ1n) is 4.92. The number of carbonyl (C=O) groups is 1. The molecular formula is C10H13NO2S. The van der Waals surface area contributed by atoms with Crippen molar-refractivity contribution in [3.05, 3.63) is 15.6 Å². The molecular weight excluding hydrogens is 198 g/mol. The molecule has 1 aliphatic rings. The van der Waals surface area contributed by atoms with Crippen molar-refractivity contribution in [2.24, 2.45) is 5.92 Å². The van der Waals surface area contributed by atoms with E-state index in [4.69, 9.17) is 5.11 Å². The van der Waals surface area contributed by atoms with Crippen LogP contribution in [0.15, 0.2) is 0 Å². The number of rotatable bonds is 2. The van der Waals surface area contributed by atoms with E-state index in [2.05, 4.69) is 11.9 Å². The molecule has 4 heteroatoms. The molecule has 0 aliphatic heterocycles. The molecule has 0 spiro atoms. The van der Waals surface area contributed by atoms with Crippen molar-refractivity contribution in [1.82, 2.24) is 4.98 Å². The lowest BCUT2D eigenvalue weighted by Gasteiger charge is -2.18. The standard InChI is InChI=1S/C10H13NO2S/c1-2-6-3-4-7-8(5-6)14-9(11-7)10(12)13/h6H,2-5H2,1H3,(H,12,13). The van der Waals surface area contributed by atoms with E-state index < -0.39 is 5.97 Å². The third kappa shape index (κ3) is 1.66. The number of carboxylic acid groups (broad SMARTS) is 1. The smallest absolute Gasteiger partial charge is 0.365 e. The molecule has 1 atom stereocenters. The summed E-state index contributed by atoms with van der Waals surface area (Å²) < 4.78 is 0. The third-order valence-corrected chi connectivity index (χ3v) is 3.91. The number of aryl methyl sites for hydroxylation is 1. The zero-order chi connectivity index (χ0) is 10.1. The Hall–Kier alpha value is -0.900. The van der Waals surface area contributed by atoms with Gasteiger partial charge in [0.2, 0.25) is 5.01 Å². The fourth-order valence-electron chi connectivity index (χ4n) is 1.88. The average Bonchev–Trinajstić information content (AvgIpc) is 2.59. The molecule has 0 fully saturated rings. The summed E-state index contributed by atoms with van der Waals surface area (Å²) in [4.78, 5) is 16.1. The van der Waals surface area contributed by atoms with Gasteiger partial charge in [0, 0.05) is 4.88 Å².